The number of nitrogens with zero attached hydrogens (tertiary/aromatic N) is 5. The molecule has 3 aromatic carbocycles. The quantitative estimate of drug-likeness (QED) is 0.202. The predicted octanol–water partition coefficient (Wildman–Crippen LogP) is 6.78. The molecule has 0 bridgehead atoms. The highest BCUT2D eigenvalue weighted by molar-refractivity contribution is 6.10. The van der Waals surface area contributed by atoms with Crippen LogP contribution in [0, 0.1) is 6.92 Å². The molecule has 1 aliphatic rings. The molecule has 1 unspecified atom stereocenters. The van der Waals surface area contributed by atoms with Crippen LogP contribution in [0.3, 0.4) is 0 Å². The number of benzene rings is 3. The molecular formula is C30H28F3N7O2. The van der Waals surface area contributed by atoms with E-state index in [0.717, 1.165) is 16.8 Å². The number of nitrogens with one attached hydrogen (secondary N) is 2. The first-order valence-electron chi connectivity index (χ1n) is 13.2. The van der Waals surface area contributed by atoms with Crippen molar-refractivity contribution < 1.29 is 22.7 Å². The molecule has 12 heteroatoms. The molecule has 9 nitrogen and oxygen atoms in total. The van der Waals surface area contributed by atoms with Crippen LogP contribution in [-0.4, -0.2) is 39.7 Å². The Hall–Kier alpha value is -5.13. The molecule has 2 N–H and O–H groups in total. The van der Waals surface area contributed by atoms with Gasteiger partial charge in [0.15, 0.2) is 5.82 Å². The van der Waals surface area contributed by atoms with E-state index < -0.39 is 12.4 Å². The van der Waals surface area contributed by atoms with E-state index >= 15 is 0 Å². The number of hydrogen-bond acceptors (Lipinski definition) is 5. The van der Waals surface area contributed by atoms with Gasteiger partial charge in [-0.3, -0.25) is 15.2 Å². The van der Waals surface area contributed by atoms with E-state index in [0.29, 0.717) is 35.3 Å². The standard InChI is InChI=1S/C30H28F3N7O2/c1-4-34-28(39-16-15-20(3)25-14-5-19(2)17-26(25)39)37-29(41)36-22-8-6-21(7-9-22)27-35-18-40(38-27)23-10-12-24(13-11-23)42-30(31,32)33/h5-18,20H,4H2,1-3H3,(H2,34,36,37,41). The Balaban J connectivity index is 1.24. The van der Waals surface area contributed by atoms with Gasteiger partial charge in [0.1, 0.15) is 12.1 Å². The second-order valence-electron chi connectivity index (χ2n) is 9.57. The van der Waals surface area contributed by atoms with Crippen LogP contribution >= 0.6 is 0 Å². The number of guanidine groups is 1. The molecule has 0 saturated carbocycles. The second kappa shape index (κ2) is 11.8. The molecule has 1 aliphatic heterocycles. The molecule has 2 amide bonds. The number of aromatic nitrogens is 3. The summed E-state index contributed by atoms with van der Waals surface area (Å²) in [7, 11) is 0. The summed E-state index contributed by atoms with van der Waals surface area (Å²) >= 11 is 0. The summed E-state index contributed by atoms with van der Waals surface area (Å²) in [6.45, 7) is 6.53. The number of aryl methyl sites for hydroxylation is 1. The molecular weight excluding hydrogens is 547 g/mol. The third-order valence-electron chi connectivity index (χ3n) is 6.45. The van der Waals surface area contributed by atoms with Crippen molar-refractivity contribution >= 4 is 23.4 Å². The smallest absolute Gasteiger partial charge is 0.406 e. The SMILES string of the molecule is CCN=C(NC(=O)Nc1ccc(-c2ncn(-c3ccc(OC(F)(F)F)cc3)n2)cc1)N1C=CC(C)c2ccc(C)cc21. The van der Waals surface area contributed by atoms with Gasteiger partial charge in [0.25, 0.3) is 0 Å². The molecule has 0 fully saturated rings. The fourth-order valence-corrected chi connectivity index (χ4v) is 4.44. The third kappa shape index (κ3) is 6.60. The monoisotopic (exact) mass is 575 g/mol. The summed E-state index contributed by atoms with van der Waals surface area (Å²) in [5.74, 6) is 0.730. The van der Waals surface area contributed by atoms with Gasteiger partial charge in [0, 0.05) is 29.9 Å². The van der Waals surface area contributed by atoms with Crippen molar-refractivity contribution in [2.24, 2.45) is 4.99 Å². The molecule has 216 valence electrons. The van der Waals surface area contributed by atoms with Crippen LogP contribution in [0.4, 0.5) is 29.3 Å². The van der Waals surface area contributed by atoms with Gasteiger partial charge in [0.05, 0.1) is 11.4 Å². The second-order valence-corrected chi connectivity index (χ2v) is 9.57. The zero-order valence-corrected chi connectivity index (χ0v) is 23.1. The van der Waals surface area contributed by atoms with Gasteiger partial charge < -0.3 is 10.1 Å². The number of anilines is 2. The van der Waals surface area contributed by atoms with Gasteiger partial charge in [-0.25, -0.2) is 14.5 Å². The summed E-state index contributed by atoms with van der Waals surface area (Å²) in [6, 6.07) is 18.0. The lowest BCUT2D eigenvalue weighted by atomic mass is 9.94. The summed E-state index contributed by atoms with van der Waals surface area (Å²) < 4.78 is 42.6. The fraction of sp³-hybridized carbons (Fsp3) is 0.200. The first kappa shape index (κ1) is 28.4. The highest BCUT2D eigenvalue weighted by Gasteiger charge is 2.31. The minimum Gasteiger partial charge on any atom is -0.406 e. The molecule has 1 atom stereocenters. The molecule has 0 radical (unpaired) electrons. The zero-order valence-electron chi connectivity index (χ0n) is 23.1. The number of amides is 2. The molecule has 5 rings (SSSR count). The molecule has 2 heterocycles. The van der Waals surface area contributed by atoms with Gasteiger partial charge in [0.2, 0.25) is 5.96 Å². The Morgan fingerprint density at radius 2 is 1.81 bits per heavy atom. The van der Waals surface area contributed by atoms with E-state index in [4.69, 9.17) is 0 Å². The molecule has 42 heavy (non-hydrogen) atoms. The normalized spacial score (nSPS) is 14.9. The summed E-state index contributed by atoms with van der Waals surface area (Å²) in [6.07, 6.45) is 0.684. The maximum Gasteiger partial charge on any atom is 0.573 e. The number of aliphatic imine (C=N–C) groups is 1. The number of ether oxygens (including phenoxy) is 1. The lowest BCUT2D eigenvalue weighted by Crippen LogP contribution is -2.44. The number of urea groups is 1. The number of hydrogen-bond donors (Lipinski definition) is 2. The number of rotatable bonds is 5. The van der Waals surface area contributed by atoms with Gasteiger partial charge in [-0.2, -0.15) is 0 Å². The van der Waals surface area contributed by atoms with Gasteiger partial charge in [-0.1, -0.05) is 25.1 Å². The van der Waals surface area contributed by atoms with Crippen LogP contribution in [0.1, 0.15) is 30.9 Å². The number of fused-ring (bicyclic) bond motifs is 1. The van der Waals surface area contributed by atoms with Crippen LogP contribution in [-0.2, 0) is 0 Å². The van der Waals surface area contributed by atoms with Crippen molar-refractivity contribution in [2.45, 2.75) is 33.1 Å². The topological polar surface area (TPSA) is 96.7 Å². The van der Waals surface area contributed by atoms with Crippen LogP contribution in [0.15, 0.2) is 90.3 Å². The molecule has 1 aromatic heterocycles. The minimum atomic E-state index is -4.76. The van der Waals surface area contributed by atoms with Crippen LogP contribution in [0.2, 0.25) is 0 Å². The first-order chi connectivity index (χ1) is 20.1. The molecule has 4 aromatic rings. The highest BCUT2D eigenvalue weighted by atomic mass is 19.4. The van der Waals surface area contributed by atoms with E-state index in [1.165, 1.54) is 35.3 Å². The Bertz CT molecular complexity index is 1630. The lowest BCUT2D eigenvalue weighted by Gasteiger charge is -2.30. The van der Waals surface area contributed by atoms with Crippen molar-refractivity contribution in [2.75, 3.05) is 16.8 Å². The zero-order chi connectivity index (χ0) is 29.9. The summed E-state index contributed by atoms with van der Waals surface area (Å²) in [4.78, 5) is 23.6. The van der Waals surface area contributed by atoms with Gasteiger partial charge in [-0.15, -0.1) is 18.3 Å². The summed E-state index contributed by atoms with van der Waals surface area (Å²) in [5.41, 5.74) is 4.97. The van der Waals surface area contributed by atoms with Crippen LogP contribution in [0.5, 0.6) is 5.75 Å². The Kier molecular flexibility index (Phi) is 7.96. The number of carbonyl (C=O) groups excluding carboxylic acids is 1. The molecule has 0 aliphatic carbocycles. The van der Waals surface area contributed by atoms with E-state index in [2.05, 4.69) is 61.6 Å². The largest absolute Gasteiger partial charge is 0.573 e. The predicted molar refractivity (Wildman–Crippen MR) is 155 cm³/mol. The lowest BCUT2D eigenvalue weighted by molar-refractivity contribution is -0.274. The Morgan fingerprint density at radius 1 is 1.07 bits per heavy atom. The third-order valence-corrected chi connectivity index (χ3v) is 6.45. The minimum absolute atomic E-state index is 0.242. The molecule has 0 spiro atoms. The van der Waals surface area contributed by atoms with E-state index in [1.54, 1.807) is 24.3 Å². The maximum absolute atomic E-state index is 12.9. The number of carbonyl (C=O) groups is 1. The average Bonchev–Trinajstić information content (AvgIpc) is 3.43. The summed E-state index contributed by atoms with van der Waals surface area (Å²) in [5, 5.41) is 10.1. The number of halogens is 3. The van der Waals surface area contributed by atoms with Gasteiger partial charge >= 0.3 is 12.4 Å². The molecule has 0 saturated heterocycles. The van der Waals surface area contributed by atoms with Crippen LogP contribution < -0.4 is 20.3 Å². The number of allylic oxidation sites excluding steroid dienone is 1. The van der Waals surface area contributed by atoms with Crippen molar-refractivity contribution in [1.29, 1.82) is 0 Å². The first-order valence-corrected chi connectivity index (χ1v) is 13.2. The highest BCUT2D eigenvalue weighted by Crippen LogP contribution is 2.34. The van der Waals surface area contributed by atoms with Crippen molar-refractivity contribution in [3.8, 4) is 22.8 Å². The maximum atomic E-state index is 12.9. The van der Waals surface area contributed by atoms with E-state index in [1.807, 2.05) is 24.9 Å². The van der Waals surface area contributed by atoms with Crippen molar-refractivity contribution in [3.05, 3.63) is 96.5 Å². The van der Waals surface area contributed by atoms with Crippen LogP contribution in [0.25, 0.3) is 17.1 Å². The Labute approximate surface area is 240 Å². The van der Waals surface area contributed by atoms with Crippen molar-refractivity contribution in [1.82, 2.24) is 20.1 Å². The number of alkyl halides is 3. The van der Waals surface area contributed by atoms with Crippen molar-refractivity contribution in [3.63, 3.8) is 0 Å². The average molecular weight is 576 g/mol. The fourth-order valence-electron chi connectivity index (χ4n) is 4.44. The van der Waals surface area contributed by atoms with E-state index in [9.17, 15) is 18.0 Å². The Morgan fingerprint density at radius 3 is 2.50 bits per heavy atom. The van der Waals surface area contributed by atoms with Gasteiger partial charge in [-0.05, 0) is 79.6 Å². The van der Waals surface area contributed by atoms with E-state index in [-0.39, 0.29) is 11.7 Å².